The average molecular weight is 347 g/mol. The normalized spacial score (nSPS) is 11.2. The van der Waals surface area contributed by atoms with Gasteiger partial charge < -0.3 is 5.32 Å². The fourth-order valence-electron chi connectivity index (χ4n) is 3.08. The van der Waals surface area contributed by atoms with Crippen LogP contribution in [0.25, 0.3) is 16.7 Å². The molecule has 0 saturated heterocycles. The summed E-state index contributed by atoms with van der Waals surface area (Å²) in [6.45, 7) is 5.79. The Hall–Kier alpha value is -3.22. The molecule has 7 nitrogen and oxygen atoms in total. The lowest BCUT2D eigenvalue weighted by Crippen LogP contribution is -2.10. The van der Waals surface area contributed by atoms with Crippen molar-refractivity contribution in [2.75, 3.05) is 11.9 Å². The molecule has 1 N–H and O–H groups in total. The largest absolute Gasteiger partial charge is 0.369 e. The fourth-order valence-corrected chi connectivity index (χ4v) is 3.08. The first-order valence-electron chi connectivity index (χ1n) is 8.71. The minimum absolute atomic E-state index is 0.798. The summed E-state index contributed by atoms with van der Waals surface area (Å²) in [5.41, 5.74) is 4.03. The van der Waals surface area contributed by atoms with Gasteiger partial charge in [0.2, 0.25) is 0 Å². The molecule has 0 aliphatic rings. The second-order valence-electron chi connectivity index (χ2n) is 6.28. The Balaban J connectivity index is 1.47. The molecule has 0 atom stereocenters. The summed E-state index contributed by atoms with van der Waals surface area (Å²) in [5.74, 6) is 0.811. The molecule has 4 aromatic rings. The Labute approximate surface area is 151 Å². The number of anilines is 1. The van der Waals surface area contributed by atoms with E-state index < -0.39 is 0 Å². The van der Waals surface area contributed by atoms with Crippen LogP contribution in [-0.2, 0) is 6.54 Å². The third-order valence-electron chi connectivity index (χ3n) is 4.31. The number of benzene rings is 1. The van der Waals surface area contributed by atoms with Gasteiger partial charge in [-0.2, -0.15) is 10.2 Å². The molecule has 0 fully saturated rings. The van der Waals surface area contributed by atoms with E-state index in [4.69, 9.17) is 0 Å². The van der Waals surface area contributed by atoms with Gasteiger partial charge in [-0.15, -0.1) is 0 Å². The van der Waals surface area contributed by atoms with Gasteiger partial charge >= 0.3 is 0 Å². The van der Waals surface area contributed by atoms with Crippen molar-refractivity contribution in [1.82, 2.24) is 29.5 Å². The van der Waals surface area contributed by atoms with Crippen molar-refractivity contribution in [3.8, 4) is 5.69 Å². The lowest BCUT2D eigenvalue weighted by Gasteiger charge is -2.08. The highest BCUT2D eigenvalue weighted by atomic mass is 15.3. The minimum atomic E-state index is 0.798. The molecule has 1 aromatic carbocycles. The second kappa shape index (κ2) is 6.95. The molecule has 0 saturated carbocycles. The summed E-state index contributed by atoms with van der Waals surface area (Å²) in [5, 5.41) is 13.3. The van der Waals surface area contributed by atoms with E-state index in [-0.39, 0.29) is 0 Å². The zero-order chi connectivity index (χ0) is 17.9. The number of hydrogen-bond acceptors (Lipinski definition) is 5. The number of hydrogen-bond donors (Lipinski definition) is 1. The van der Waals surface area contributed by atoms with Gasteiger partial charge in [0.1, 0.15) is 12.1 Å². The number of nitrogens with zero attached hydrogens (tertiary/aromatic N) is 6. The van der Waals surface area contributed by atoms with Gasteiger partial charge in [0, 0.05) is 18.8 Å². The summed E-state index contributed by atoms with van der Waals surface area (Å²) in [4.78, 5) is 8.79. The number of nitrogens with one attached hydrogen (secondary N) is 1. The van der Waals surface area contributed by atoms with Crippen LogP contribution in [0.1, 0.15) is 17.8 Å². The van der Waals surface area contributed by atoms with Gasteiger partial charge in [0.25, 0.3) is 0 Å². The first-order chi connectivity index (χ1) is 12.7. The van der Waals surface area contributed by atoms with E-state index in [1.165, 1.54) is 5.69 Å². The Bertz CT molecular complexity index is 1020. The van der Waals surface area contributed by atoms with E-state index in [0.717, 1.165) is 47.7 Å². The standard InChI is InChI=1S/C19H21N7/c1-14-11-15(2)25(24-14)10-6-9-20-18-17-12-23-26(19(17)22-13-21-18)16-7-4-3-5-8-16/h3-5,7-8,11-13H,6,9-10H2,1-2H3,(H,20,21,22). The molecule has 0 spiro atoms. The van der Waals surface area contributed by atoms with Crippen LogP contribution in [0, 0.1) is 13.8 Å². The maximum absolute atomic E-state index is 4.49. The van der Waals surface area contributed by atoms with Crippen LogP contribution in [0.5, 0.6) is 0 Å². The zero-order valence-corrected chi connectivity index (χ0v) is 14.9. The van der Waals surface area contributed by atoms with Gasteiger partial charge in [-0.3, -0.25) is 4.68 Å². The number of aryl methyl sites for hydroxylation is 3. The molecule has 3 aromatic heterocycles. The molecule has 0 unspecified atom stereocenters. The lowest BCUT2D eigenvalue weighted by atomic mass is 10.3. The lowest BCUT2D eigenvalue weighted by molar-refractivity contribution is 0.573. The Morgan fingerprint density at radius 3 is 2.69 bits per heavy atom. The van der Waals surface area contributed by atoms with Crippen LogP contribution in [0.15, 0.2) is 48.9 Å². The average Bonchev–Trinajstić information content (AvgIpc) is 3.22. The first kappa shape index (κ1) is 16.3. The van der Waals surface area contributed by atoms with Gasteiger partial charge in [-0.25, -0.2) is 14.6 Å². The van der Waals surface area contributed by atoms with Crippen molar-refractivity contribution in [1.29, 1.82) is 0 Å². The van der Waals surface area contributed by atoms with Crippen LogP contribution in [-0.4, -0.2) is 36.1 Å². The van der Waals surface area contributed by atoms with Crippen LogP contribution >= 0.6 is 0 Å². The molecule has 132 valence electrons. The Kier molecular flexibility index (Phi) is 4.35. The molecule has 7 heteroatoms. The first-order valence-corrected chi connectivity index (χ1v) is 8.71. The van der Waals surface area contributed by atoms with Crippen molar-refractivity contribution in [2.24, 2.45) is 0 Å². The molecular formula is C19H21N7. The smallest absolute Gasteiger partial charge is 0.168 e. The van der Waals surface area contributed by atoms with E-state index >= 15 is 0 Å². The number of aromatic nitrogens is 6. The third kappa shape index (κ3) is 3.15. The maximum Gasteiger partial charge on any atom is 0.168 e. The quantitative estimate of drug-likeness (QED) is 0.543. The molecule has 26 heavy (non-hydrogen) atoms. The van der Waals surface area contributed by atoms with E-state index in [1.54, 1.807) is 6.33 Å². The van der Waals surface area contributed by atoms with Crippen molar-refractivity contribution < 1.29 is 0 Å². The van der Waals surface area contributed by atoms with Gasteiger partial charge in [-0.1, -0.05) is 18.2 Å². The van der Waals surface area contributed by atoms with Crippen LogP contribution < -0.4 is 5.32 Å². The highest BCUT2D eigenvalue weighted by molar-refractivity contribution is 5.87. The number of rotatable bonds is 6. The highest BCUT2D eigenvalue weighted by Crippen LogP contribution is 2.21. The molecular weight excluding hydrogens is 326 g/mol. The maximum atomic E-state index is 4.49. The highest BCUT2D eigenvalue weighted by Gasteiger charge is 2.10. The van der Waals surface area contributed by atoms with Gasteiger partial charge in [0.15, 0.2) is 5.65 Å². The van der Waals surface area contributed by atoms with Crippen LogP contribution in [0.3, 0.4) is 0 Å². The van der Waals surface area contributed by atoms with Crippen molar-refractivity contribution >= 4 is 16.9 Å². The Morgan fingerprint density at radius 2 is 1.92 bits per heavy atom. The topological polar surface area (TPSA) is 73.5 Å². The summed E-state index contributed by atoms with van der Waals surface area (Å²) in [6.07, 6.45) is 4.35. The van der Waals surface area contributed by atoms with Crippen molar-refractivity contribution in [3.63, 3.8) is 0 Å². The molecule has 4 rings (SSSR count). The van der Waals surface area contributed by atoms with Crippen molar-refractivity contribution in [3.05, 3.63) is 60.3 Å². The molecule has 0 aliphatic heterocycles. The third-order valence-corrected chi connectivity index (χ3v) is 4.31. The predicted octanol–water partition coefficient (Wildman–Crippen LogP) is 3.13. The molecule has 0 bridgehead atoms. The predicted molar refractivity (Wildman–Crippen MR) is 101 cm³/mol. The second-order valence-corrected chi connectivity index (χ2v) is 6.28. The molecule has 0 amide bonds. The van der Waals surface area contributed by atoms with E-state index in [1.807, 2.05) is 52.8 Å². The summed E-state index contributed by atoms with van der Waals surface area (Å²) >= 11 is 0. The van der Waals surface area contributed by atoms with E-state index in [0.29, 0.717) is 0 Å². The SMILES string of the molecule is Cc1cc(C)n(CCCNc2ncnc3c2cnn3-c2ccccc2)n1. The zero-order valence-electron chi connectivity index (χ0n) is 14.9. The van der Waals surface area contributed by atoms with Crippen LogP contribution in [0.2, 0.25) is 0 Å². The van der Waals surface area contributed by atoms with E-state index in [9.17, 15) is 0 Å². The van der Waals surface area contributed by atoms with E-state index in [2.05, 4.69) is 38.5 Å². The molecule has 0 aliphatic carbocycles. The van der Waals surface area contributed by atoms with Gasteiger partial charge in [0.05, 0.1) is 23.0 Å². The van der Waals surface area contributed by atoms with Gasteiger partial charge in [-0.05, 0) is 38.5 Å². The Morgan fingerprint density at radius 1 is 1.08 bits per heavy atom. The van der Waals surface area contributed by atoms with Crippen molar-refractivity contribution in [2.45, 2.75) is 26.8 Å². The number of para-hydroxylation sites is 1. The molecule has 0 radical (unpaired) electrons. The summed E-state index contributed by atoms with van der Waals surface area (Å²) in [7, 11) is 0. The minimum Gasteiger partial charge on any atom is -0.369 e. The molecule has 3 heterocycles. The monoisotopic (exact) mass is 347 g/mol. The van der Waals surface area contributed by atoms with Crippen LogP contribution in [0.4, 0.5) is 5.82 Å². The fraction of sp³-hybridized carbons (Fsp3) is 0.263. The summed E-state index contributed by atoms with van der Waals surface area (Å²) < 4.78 is 3.87. The number of fused-ring (bicyclic) bond motifs is 1. The summed E-state index contributed by atoms with van der Waals surface area (Å²) in [6, 6.07) is 12.1.